The number of aromatic nitrogens is 2. The monoisotopic (exact) mass is 366 g/mol. The summed E-state index contributed by atoms with van der Waals surface area (Å²) < 4.78 is 22.1. The second-order valence-corrected chi connectivity index (χ2v) is 5.94. The van der Waals surface area contributed by atoms with Crippen LogP contribution in [0.5, 0.6) is 5.75 Å². The number of rotatable bonds is 2. The van der Waals surface area contributed by atoms with Gasteiger partial charge in [0.2, 0.25) is 0 Å². The molecule has 0 aliphatic heterocycles. The number of hydrogen-bond donors (Lipinski definition) is 1. The number of nitrogens with one attached hydrogen (secondary N) is 1. The van der Waals surface area contributed by atoms with Gasteiger partial charge in [-0.1, -0.05) is 0 Å². The van der Waals surface area contributed by atoms with Crippen molar-refractivity contribution >= 4 is 39.2 Å². The number of aromatic amines is 1. The van der Waals surface area contributed by atoms with Crippen LogP contribution in [0.1, 0.15) is 5.56 Å². The fraction of sp³-hybridized carbons (Fsp3) is 0.133. The fourth-order valence-electron chi connectivity index (χ4n) is 2.28. The summed E-state index contributed by atoms with van der Waals surface area (Å²) >= 11 is 8.83. The molecule has 3 aromatic rings. The molecule has 0 fully saturated rings. The van der Waals surface area contributed by atoms with Crippen LogP contribution in [0.25, 0.3) is 16.7 Å². The molecule has 2 aromatic carbocycles. The van der Waals surface area contributed by atoms with E-state index in [1.54, 1.807) is 20.1 Å². The van der Waals surface area contributed by atoms with Gasteiger partial charge >= 0.3 is 0 Å². The number of methoxy groups -OCH3 is 1. The fourth-order valence-corrected chi connectivity index (χ4v) is 3.12. The molecule has 0 radical (unpaired) electrons. The predicted octanol–water partition coefficient (Wildman–Crippen LogP) is 4.91. The zero-order valence-electron chi connectivity index (χ0n) is 11.4. The largest absolute Gasteiger partial charge is 0.496 e. The van der Waals surface area contributed by atoms with Gasteiger partial charge in [0.05, 0.1) is 22.6 Å². The average molecular weight is 367 g/mol. The maximum Gasteiger partial charge on any atom is 0.182 e. The highest BCUT2D eigenvalue weighted by Crippen LogP contribution is 2.29. The van der Waals surface area contributed by atoms with Crippen LogP contribution < -0.4 is 4.74 Å². The number of halogens is 2. The van der Waals surface area contributed by atoms with Gasteiger partial charge in [0, 0.05) is 5.69 Å². The molecular weight excluding hydrogens is 355 g/mol. The van der Waals surface area contributed by atoms with Gasteiger partial charge in [0.1, 0.15) is 11.6 Å². The molecule has 0 unspecified atom stereocenters. The van der Waals surface area contributed by atoms with Crippen LogP contribution in [0.3, 0.4) is 0 Å². The van der Waals surface area contributed by atoms with Crippen LogP contribution in [0.15, 0.2) is 34.8 Å². The number of aryl methyl sites for hydroxylation is 1. The molecule has 0 saturated heterocycles. The molecule has 6 heteroatoms. The van der Waals surface area contributed by atoms with Crippen molar-refractivity contribution in [1.29, 1.82) is 0 Å². The number of H-pyrrole nitrogens is 1. The number of nitrogens with zero attached hydrogens (tertiary/aromatic N) is 1. The first kappa shape index (κ1) is 14.3. The van der Waals surface area contributed by atoms with Crippen molar-refractivity contribution in [3.8, 4) is 11.4 Å². The van der Waals surface area contributed by atoms with Gasteiger partial charge in [-0.25, -0.2) is 4.39 Å². The molecule has 3 nitrogen and oxygen atoms in total. The number of ether oxygens (including phenoxy) is 1. The minimum Gasteiger partial charge on any atom is -0.496 e. The van der Waals surface area contributed by atoms with E-state index in [-0.39, 0.29) is 5.82 Å². The molecule has 0 spiro atoms. The molecule has 1 N–H and O–H groups in total. The minimum atomic E-state index is -0.248. The lowest BCUT2D eigenvalue weighted by Gasteiger charge is -2.08. The Labute approximate surface area is 134 Å². The third-order valence-electron chi connectivity index (χ3n) is 3.36. The van der Waals surface area contributed by atoms with Crippen molar-refractivity contribution in [2.75, 3.05) is 7.11 Å². The van der Waals surface area contributed by atoms with E-state index in [0.717, 1.165) is 21.4 Å². The summed E-state index contributed by atoms with van der Waals surface area (Å²) in [5.41, 5.74) is 2.98. The van der Waals surface area contributed by atoms with E-state index in [0.29, 0.717) is 15.9 Å². The second kappa shape index (κ2) is 5.27. The maximum absolute atomic E-state index is 13.7. The normalized spacial score (nSPS) is 11.0. The average Bonchev–Trinajstić information content (AvgIpc) is 2.74. The molecule has 0 aliphatic rings. The summed E-state index contributed by atoms with van der Waals surface area (Å²) in [5, 5.41) is 0. The van der Waals surface area contributed by atoms with Crippen molar-refractivity contribution in [2.45, 2.75) is 6.92 Å². The van der Waals surface area contributed by atoms with Gasteiger partial charge in [-0.3, -0.25) is 4.57 Å². The van der Waals surface area contributed by atoms with Crippen molar-refractivity contribution in [3.63, 3.8) is 0 Å². The van der Waals surface area contributed by atoms with Crippen molar-refractivity contribution in [2.24, 2.45) is 0 Å². The summed E-state index contributed by atoms with van der Waals surface area (Å²) in [5.74, 6) is 0.495. The Morgan fingerprint density at radius 1 is 1.29 bits per heavy atom. The molecule has 3 rings (SSSR count). The summed E-state index contributed by atoms with van der Waals surface area (Å²) in [7, 11) is 1.61. The quantitative estimate of drug-likeness (QED) is 0.653. The molecule has 1 heterocycles. The Bertz CT molecular complexity index is 901. The van der Waals surface area contributed by atoms with Crippen LogP contribution in [0.4, 0.5) is 4.39 Å². The first-order valence-corrected chi connectivity index (χ1v) is 7.46. The van der Waals surface area contributed by atoms with E-state index in [2.05, 4.69) is 20.9 Å². The van der Waals surface area contributed by atoms with Crippen molar-refractivity contribution in [3.05, 3.63) is 51.0 Å². The Hall–Kier alpha value is -1.66. The van der Waals surface area contributed by atoms with Crippen LogP contribution in [0.2, 0.25) is 0 Å². The molecule has 0 bridgehead atoms. The predicted molar refractivity (Wildman–Crippen MR) is 87.4 cm³/mol. The van der Waals surface area contributed by atoms with E-state index in [9.17, 15) is 4.39 Å². The standard InChI is InChI=1S/C15H12BrFN2OS/c1-8-5-13-12(7-11(8)17)18-15(21)19(13)9-3-4-14(20-2)10(16)6-9/h3-7H,1-2H3,(H,18,21). The van der Waals surface area contributed by atoms with Gasteiger partial charge in [0.15, 0.2) is 4.77 Å². The molecule has 108 valence electrons. The van der Waals surface area contributed by atoms with Gasteiger partial charge in [-0.2, -0.15) is 0 Å². The van der Waals surface area contributed by atoms with Crippen molar-refractivity contribution < 1.29 is 9.13 Å². The van der Waals surface area contributed by atoms with Gasteiger partial charge in [-0.05, 0) is 71.0 Å². The van der Waals surface area contributed by atoms with Crippen LogP contribution >= 0.6 is 28.1 Å². The van der Waals surface area contributed by atoms with E-state index in [4.69, 9.17) is 17.0 Å². The highest BCUT2D eigenvalue weighted by molar-refractivity contribution is 9.10. The lowest BCUT2D eigenvalue weighted by molar-refractivity contribution is 0.412. The Morgan fingerprint density at radius 3 is 2.71 bits per heavy atom. The molecule has 0 aliphatic carbocycles. The first-order chi connectivity index (χ1) is 10.0. The molecule has 1 aromatic heterocycles. The molecule has 0 saturated carbocycles. The van der Waals surface area contributed by atoms with Gasteiger partial charge in [-0.15, -0.1) is 0 Å². The first-order valence-electron chi connectivity index (χ1n) is 6.26. The van der Waals surface area contributed by atoms with Crippen LogP contribution in [0, 0.1) is 17.5 Å². The van der Waals surface area contributed by atoms with Crippen LogP contribution in [-0.4, -0.2) is 16.7 Å². The summed E-state index contributed by atoms with van der Waals surface area (Å²) in [6.45, 7) is 1.74. The summed E-state index contributed by atoms with van der Waals surface area (Å²) in [6, 6.07) is 8.94. The Kier molecular flexibility index (Phi) is 3.59. The Balaban J connectivity index is 2.29. The zero-order chi connectivity index (χ0) is 15.1. The Morgan fingerprint density at radius 2 is 2.05 bits per heavy atom. The zero-order valence-corrected chi connectivity index (χ0v) is 13.8. The van der Waals surface area contributed by atoms with Crippen LogP contribution in [-0.2, 0) is 0 Å². The maximum atomic E-state index is 13.7. The lowest BCUT2D eigenvalue weighted by Crippen LogP contribution is -1.95. The van der Waals surface area contributed by atoms with Crippen molar-refractivity contribution in [1.82, 2.24) is 9.55 Å². The highest BCUT2D eigenvalue weighted by atomic mass is 79.9. The third kappa shape index (κ3) is 2.38. The van der Waals surface area contributed by atoms with Gasteiger partial charge in [0.25, 0.3) is 0 Å². The lowest BCUT2D eigenvalue weighted by atomic mass is 10.2. The minimum absolute atomic E-state index is 0.248. The SMILES string of the molecule is COc1ccc(-n2c(=S)[nH]c3cc(F)c(C)cc32)cc1Br. The molecular formula is C15H12BrFN2OS. The molecule has 0 amide bonds. The third-order valence-corrected chi connectivity index (χ3v) is 4.26. The van der Waals surface area contributed by atoms with E-state index >= 15 is 0 Å². The molecule has 0 atom stereocenters. The number of benzene rings is 2. The van der Waals surface area contributed by atoms with E-state index in [1.165, 1.54) is 6.07 Å². The highest BCUT2D eigenvalue weighted by Gasteiger charge is 2.11. The smallest absolute Gasteiger partial charge is 0.182 e. The van der Waals surface area contributed by atoms with Gasteiger partial charge < -0.3 is 9.72 Å². The molecule has 21 heavy (non-hydrogen) atoms. The van der Waals surface area contributed by atoms with E-state index in [1.807, 2.05) is 22.8 Å². The second-order valence-electron chi connectivity index (χ2n) is 4.70. The van der Waals surface area contributed by atoms with E-state index < -0.39 is 0 Å². The number of hydrogen-bond acceptors (Lipinski definition) is 2. The topological polar surface area (TPSA) is 29.9 Å². The number of imidazole rings is 1. The summed E-state index contributed by atoms with van der Waals surface area (Å²) in [4.78, 5) is 3.03. The number of fused-ring (bicyclic) bond motifs is 1. The summed E-state index contributed by atoms with van der Waals surface area (Å²) in [6.07, 6.45) is 0.